The van der Waals surface area contributed by atoms with Crippen LogP contribution in [0, 0.1) is 10.5 Å². The Labute approximate surface area is 119 Å². The molecule has 82 valence electrons. The first-order valence-electron chi connectivity index (χ1n) is 4.85. The minimum Gasteiger partial charge on any atom is -0.0887 e. The van der Waals surface area contributed by atoms with Crippen molar-refractivity contribution in [1.82, 2.24) is 0 Å². The molecule has 0 radical (unpaired) electrons. The summed E-state index contributed by atoms with van der Waals surface area (Å²) in [5.41, 5.74) is 1.31. The highest BCUT2D eigenvalue weighted by molar-refractivity contribution is 14.1. The van der Waals surface area contributed by atoms with Crippen molar-refractivity contribution in [2.45, 2.75) is 16.7 Å². The van der Waals surface area contributed by atoms with Gasteiger partial charge in [-0.25, -0.2) is 0 Å². The lowest BCUT2D eigenvalue weighted by atomic mass is 10.2. The van der Waals surface area contributed by atoms with Gasteiger partial charge in [-0.05, 0) is 65.4 Å². The quantitative estimate of drug-likeness (QED) is 0.646. The van der Waals surface area contributed by atoms with Gasteiger partial charge in [0.2, 0.25) is 0 Å². The van der Waals surface area contributed by atoms with Crippen LogP contribution in [-0.2, 0) is 0 Å². The van der Waals surface area contributed by atoms with Crippen molar-refractivity contribution in [2.75, 3.05) is 0 Å². The molecule has 0 saturated heterocycles. The Hall–Kier alpha value is -0.190. The lowest BCUT2D eigenvalue weighted by Crippen LogP contribution is -1.84. The van der Waals surface area contributed by atoms with Crippen LogP contribution in [0.2, 0.25) is 5.02 Å². The molecule has 0 aromatic heterocycles. The van der Waals surface area contributed by atoms with Crippen LogP contribution >= 0.6 is 46.0 Å². The Kier molecular flexibility index (Phi) is 4.16. The van der Waals surface area contributed by atoms with Crippen molar-refractivity contribution in [3.63, 3.8) is 0 Å². The fourth-order valence-electron chi connectivity index (χ4n) is 1.37. The summed E-state index contributed by atoms with van der Waals surface area (Å²) < 4.78 is 1.29. The predicted octanol–water partition coefficient (Wildman–Crippen LogP) is 5.40. The number of hydrogen-bond acceptors (Lipinski definition) is 1. The van der Waals surface area contributed by atoms with Crippen molar-refractivity contribution >= 4 is 46.0 Å². The summed E-state index contributed by atoms with van der Waals surface area (Å²) in [5, 5.41) is 0.781. The van der Waals surface area contributed by atoms with E-state index in [0.29, 0.717) is 0 Å². The molecule has 2 aromatic carbocycles. The van der Waals surface area contributed by atoms with Gasteiger partial charge in [-0.1, -0.05) is 35.5 Å². The number of hydrogen-bond donors (Lipinski definition) is 0. The molecule has 0 atom stereocenters. The molecule has 0 saturated carbocycles. The summed E-state index contributed by atoms with van der Waals surface area (Å²) >= 11 is 10.0. The number of aryl methyl sites for hydroxylation is 1. The first-order chi connectivity index (χ1) is 7.66. The van der Waals surface area contributed by atoms with E-state index < -0.39 is 0 Å². The van der Waals surface area contributed by atoms with Gasteiger partial charge in [-0.15, -0.1) is 0 Å². The normalized spacial score (nSPS) is 10.4. The van der Waals surface area contributed by atoms with Crippen LogP contribution in [0.4, 0.5) is 0 Å². The second-order valence-corrected chi connectivity index (χ2v) is 6.12. The zero-order valence-corrected chi connectivity index (χ0v) is 12.4. The molecule has 0 fully saturated rings. The Morgan fingerprint density at radius 3 is 2.38 bits per heavy atom. The third-order valence-electron chi connectivity index (χ3n) is 2.20. The average molecular weight is 361 g/mol. The Bertz CT molecular complexity index is 474. The zero-order valence-electron chi connectivity index (χ0n) is 8.71. The minimum atomic E-state index is 0.781. The summed E-state index contributed by atoms with van der Waals surface area (Å²) in [4.78, 5) is 2.54. The highest BCUT2D eigenvalue weighted by Crippen LogP contribution is 2.34. The zero-order chi connectivity index (χ0) is 11.5. The predicted molar refractivity (Wildman–Crippen MR) is 79.5 cm³/mol. The summed E-state index contributed by atoms with van der Waals surface area (Å²) in [5.74, 6) is 0. The summed E-state index contributed by atoms with van der Waals surface area (Å²) in [6.45, 7) is 2.14. The molecule has 3 heteroatoms. The van der Waals surface area contributed by atoms with E-state index in [-0.39, 0.29) is 0 Å². The molecule has 0 nitrogen and oxygen atoms in total. The monoisotopic (exact) mass is 360 g/mol. The highest BCUT2D eigenvalue weighted by Gasteiger charge is 2.05. The maximum Gasteiger partial charge on any atom is 0.0406 e. The molecule has 2 aromatic rings. The third kappa shape index (κ3) is 2.93. The first-order valence-corrected chi connectivity index (χ1v) is 7.12. The van der Waals surface area contributed by atoms with Gasteiger partial charge >= 0.3 is 0 Å². The second-order valence-electron chi connectivity index (χ2n) is 3.44. The number of benzene rings is 2. The molecule has 0 aliphatic rings. The molecule has 2 rings (SSSR count). The largest absolute Gasteiger partial charge is 0.0887 e. The van der Waals surface area contributed by atoms with E-state index in [2.05, 4.69) is 59.8 Å². The van der Waals surface area contributed by atoms with Crippen LogP contribution in [0.15, 0.2) is 52.3 Å². The maximum atomic E-state index is 5.87. The Balaban J connectivity index is 2.30. The Morgan fingerprint density at radius 2 is 1.75 bits per heavy atom. The van der Waals surface area contributed by atoms with Gasteiger partial charge in [-0.3, -0.25) is 0 Å². The van der Waals surface area contributed by atoms with Crippen molar-refractivity contribution in [2.24, 2.45) is 0 Å². The Morgan fingerprint density at radius 1 is 1.06 bits per heavy atom. The highest BCUT2D eigenvalue weighted by atomic mass is 127. The second kappa shape index (κ2) is 5.43. The first kappa shape index (κ1) is 12.3. The van der Waals surface area contributed by atoms with Crippen molar-refractivity contribution < 1.29 is 0 Å². The molecular weight excluding hydrogens is 351 g/mol. The standard InChI is InChI=1S/C13H10ClIS/c1-9-3-2-4-12(15)13(9)16-11-7-5-10(14)6-8-11/h2-8H,1H3. The van der Waals surface area contributed by atoms with Gasteiger partial charge in [0.15, 0.2) is 0 Å². The minimum absolute atomic E-state index is 0.781. The van der Waals surface area contributed by atoms with E-state index in [1.54, 1.807) is 11.8 Å². The molecule has 0 N–H and O–H groups in total. The van der Waals surface area contributed by atoms with Gasteiger partial charge in [0.05, 0.1) is 0 Å². The van der Waals surface area contributed by atoms with E-state index in [0.717, 1.165) is 5.02 Å². The smallest absolute Gasteiger partial charge is 0.0406 e. The maximum absolute atomic E-state index is 5.87. The van der Waals surface area contributed by atoms with E-state index in [9.17, 15) is 0 Å². The van der Waals surface area contributed by atoms with Gasteiger partial charge in [0.1, 0.15) is 0 Å². The lowest BCUT2D eigenvalue weighted by Gasteiger charge is -2.07. The summed E-state index contributed by atoms with van der Waals surface area (Å²) in [7, 11) is 0. The van der Waals surface area contributed by atoms with E-state index in [1.807, 2.05) is 12.1 Å². The molecular formula is C13H10ClIS. The van der Waals surface area contributed by atoms with Crippen molar-refractivity contribution in [3.8, 4) is 0 Å². The molecule has 0 bridgehead atoms. The van der Waals surface area contributed by atoms with Gasteiger partial charge in [0.25, 0.3) is 0 Å². The van der Waals surface area contributed by atoms with E-state index in [1.165, 1.54) is 18.9 Å². The number of halogens is 2. The average Bonchev–Trinajstić information content (AvgIpc) is 2.26. The van der Waals surface area contributed by atoms with E-state index in [4.69, 9.17) is 11.6 Å². The van der Waals surface area contributed by atoms with Crippen LogP contribution in [0.5, 0.6) is 0 Å². The molecule has 0 heterocycles. The molecule has 0 unspecified atom stereocenters. The third-order valence-corrected chi connectivity index (χ3v) is 4.97. The van der Waals surface area contributed by atoms with Crippen LogP contribution in [-0.4, -0.2) is 0 Å². The molecule has 0 aliphatic heterocycles. The van der Waals surface area contributed by atoms with Gasteiger partial charge < -0.3 is 0 Å². The van der Waals surface area contributed by atoms with Crippen molar-refractivity contribution in [1.29, 1.82) is 0 Å². The lowest BCUT2D eigenvalue weighted by molar-refractivity contribution is 1.26. The van der Waals surface area contributed by atoms with Crippen LogP contribution < -0.4 is 0 Å². The fourth-order valence-corrected chi connectivity index (χ4v) is 3.36. The molecule has 0 aliphatic carbocycles. The van der Waals surface area contributed by atoms with Crippen LogP contribution in [0.3, 0.4) is 0 Å². The van der Waals surface area contributed by atoms with E-state index >= 15 is 0 Å². The molecule has 16 heavy (non-hydrogen) atoms. The number of rotatable bonds is 2. The summed E-state index contributed by atoms with van der Waals surface area (Å²) in [6, 6.07) is 14.3. The topological polar surface area (TPSA) is 0 Å². The van der Waals surface area contributed by atoms with Crippen LogP contribution in [0.1, 0.15) is 5.56 Å². The van der Waals surface area contributed by atoms with Gasteiger partial charge in [-0.2, -0.15) is 0 Å². The fraction of sp³-hybridized carbons (Fsp3) is 0.0769. The SMILES string of the molecule is Cc1cccc(I)c1Sc1ccc(Cl)cc1. The molecule has 0 spiro atoms. The van der Waals surface area contributed by atoms with Crippen molar-refractivity contribution in [3.05, 3.63) is 56.6 Å². The molecule has 0 amide bonds. The summed E-state index contributed by atoms with van der Waals surface area (Å²) in [6.07, 6.45) is 0. The van der Waals surface area contributed by atoms with Crippen LogP contribution in [0.25, 0.3) is 0 Å². The van der Waals surface area contributed by atoms with Gasteiger partial charge in [0, 0.05) is 18.4 Å².